The first-order chi connectivity index (χ1) is 14.5. The summed E-state index contributed by atoms with van der Waals surface area (Å²) in [6.07, 6.45) is 1.06. The molecule has 1 atom stereocenters. The van der Waals surface area contributed by atoms with Gasteiger partial charge in [0.25, 0.3) is 0 Å². The first-order valence-corrected chi connectivity index (χ1v) is 10.5. The summed E-state index contributed by atoms with van der Waals surface area (Å²) in [7, 11) is 0. The molecule has 2 aromatic carbocycles. The lowest BCUT2D eigenvalue weighted by Crippen LogP contribution is -2.50. The molecule has 6 nitrogen and oxygen atoms in total. The van der Waals surface area contributed by atoms with Crippen LogP contribution in [-0.4, -0.2) is 34.0 Å². The van der Waals surface area contributed by atoms with Crippen molar-refractivity contribution in [2.24, 2.45) is 5.92 Å². The Bertz CT molecular complexity index is 995. The number of nitrogens with zero attached hydrogens (tertiary/aromatic N) is 2. The second-order valence-electron chi connectivity index (χ2n) is 7.90. The number of nitrogens with one attached hydrogen (secondary N) is 2. The average Bonchev–Trinajstić information content (AvgIpc) is 3.05. The maximum absolute atomic E-state index is 12.7. The molecule has 6 heteroatoms. The number of carbonyl (C=O) groups is 2. The number of hydrogen-bond acceptors (Lipinski definition) is 3. The topological polar surface area (TPSA) is 76.0 Å². The Morgan fingerprint density at radius 1 is 1.03 bits per heavy atom. The van der Waals surface area contributed by atoms with Crippen LogP contribution in [0.4, 0.5) is 0 Å². The zero-order chi connectivity index (χ0) is 21.5. The van der Waals surface area contributed by atoms with Gasteiger partial charge in [-0.3, -0.25) is 9.59 Å². The van der Waals surface area contributed by atoms with Crippen LogP contribution in [0.3, 0.4) is 0 Å². The van der Waals surface area contributed by atoms with E-state index in [9.17, 15) is 9.59 Å². The number of para-hydroxylation sites is 2. The standard InChI is InChI=1S/C24H30N4O2/c1-17(2)23(27-22(29)16-19-10-5-4-6-11-19)24(30)25-14-9-15-28-18(3)26-20-12-7-8-13-21(20)28/h4-8,10-13,17,23H,9,14-16H2,1-3H3,(H,25,30)(H,27,29). The number of imidazole rings is 1. The molecule has 1 heterocycles. The molecule has 0 aliphatic heterocycles. The van der Waals surface area contributed by atoms with Crippen molar-refractivity contribution in [3.8, 4) is 0 Å². The summed E-state index contributed by atoms with van der Waals surface area (Å²) in [4.78, 5) is 29.6. The van der Waals surface area contributed by atoms with E-state index in [1.54, 1.807) is 0 Å². The van der Waals surface area contributed by atoms with E-state index in [-0.39, 0.29) is 24.2 Å². The predicted molar refractivity (Wildman–Crippen MR) is 119 cm³/mol. The van der Waals surface area contributed by atoms with Crippen molar-refractivity contribution >= 4 is 22.8 Å². The zero-order valence-electron chi connectivity index (χ0n) is 17.9. The summed E-state index contributed by atoms with van der Waals surface area (Å²) in [6.45, 7) is 7.19. The van der Waals surface area contributed by atoms with Gasteiger partial charge >= 0.3 is 0 Å². The Morgan fingerprint density at radius 2 is 1.73 bits per heavy atom. The third-order valence-electron chi connectivity index (χ3n) is 5.18. The highest BCUT2D eigenvalue weighted by Gasteiger charge is 2.23. The minimum Gasteiger partial charge on any atom is -0.354 e. The summed E-state index contributed by atoms with van der Waals surface area (Å²) >= 11 is 0. The van der Waals surface area contributed by atoms with Gasteiger partial charge in [-0.1, -0.05) is 56.3 Å². The van der Waals surface area contributed by atoms with Crippen LogP contribution in [0.2, 0.25) is 0 Å². The lowest BCUT2D eigenvalue weighted by atomic mass is 10.0. The van der Waals surface area contributed by atoms with Crippen LogP contribution < -0.4 is 10.6 Å². The lowest BCUT2D eigenvalue weighted by Gasteiger charge is -2.22. The molecule has 3 aromatic rings. The first kappa shape index (κ1) is 21.6. The van der Waals surface area contributed by atoms with Gasteiger partial charge in [0.1, 0.15) is 11.9 Å². The largest absolute Gasteiger partial charge is 0.354 e. The molecule has 0 aliphatic rings. The van der Waals surface area contributed by atoms with E-state index in [1.807, 2.05) is 69.3 Å². The Hall–Kier alpha value is -3.15. The van der Waals surface area contributed by atoms with Crippen molar-refractivity contribution in [1.82, 2.24) is 20.2 Å². The van der Waals surface area contributed by atoms with Gasteiger partial charge < -0.3 is 15.2 Å². The van der Waals surface area contributed by atoms with Gasteiger partial charge in [0.05, 0.1) is 17.5 Å². The van der Waals surface area contributed by atoms with Gasteiger partial charge in [0, 0.05) is 13.1 Å². The van der Waals surface area contributed by atoms with Gasteiger partial charge in [0.15, 0.2) is 0 Å². The third-order valence-corrected chi connectivity index (χ3v) is 5.18. The molecule has 30 heavy (non-hydrogen) atoms. The van der Waals surface area contributed by atoms with Crippen LogP contribution in [0.5, 0.6) is 0 Å². The van der Waals surface area contributed by atoms with Gasteiger partial charge in [0.2, 0.25) is 11.8 Å². The van der Waals surface area contributed by atoms with Crippen LogP contribution >= 0.6 is 0 Å². The van der Waals surface area contributed by atoms with Crippen molar-refractivity contribution in [2.75, 3.05) is 6.54 Å². The highest BCUT2D eigenvalue weighted by Crippen LogP contribution is 2.15. The van der Waals surface area contributed by atoms with E-state index < -0.39 is 6.04 Å². The van der Waals surface area contributed by atoms with E-state index in [2.05, 4.69) is 26.3 Å². The lowest BCUT2D eigenvalue weighted by molar-refractivity contribution is -0.129. The van der Waals surface area contributed by atoms with Crippen molar-refractivity contribution in [1.29, 1.82) is 0 Å². The quantitative estimate of drug-likeness (QED) is 0.536. The van der Waals surface area contributed by atoms with Crippen LogP contribution in [-0.2, 0) is 22.6 Å². The number of aryl methyl sites for hydroxylation is 2. The molecule has 0 spiro atoms. The van der Waals surface area contributed by atoms with Crippen molar-refractivity contribution < 1.29 is 9.59 Å². The van der Waals surface area contributed by atoms with Gasteiger partial charge in [-0.2, -0.15) is 0 Å². The Balaban J connectivity index is 1.50. The molecule has 2 N–H and O–H groups in total. The maximum atomic E-state index is 12.7. The van der Waals surface area contributed by atoms with Gasteiger partial charge in [-0.15, -0.1) is 0 Å². The summed E-state index contributed by atoms with van der Waals surface area (Å²) in [5, 5.41) is 5.86. The van der Waals surface area contributed by atoms with E-state index in [0.29, 0.717) is 6.54 Å². The minimum atomic E-state index is -0.544. The highest BCUT2D eigenvalue weighted by atomic mass is 16.2. The summed E-state index contributed by atoms with van der Waals surface area (Å²) < 4.78 is 2.17. The molecule has 3 rings (SSSR count). The predicted octanol–water partition coefficient (Wildman–Crippen LogP) is 3.23. The Morgan fingerprint density at radius 3 is 2.47 bits per heavy atom. The van der Waals surface area contributed by atoms with E-state index in [4.69, 9.17) is 0 Å². The second-order valence-corrected chi connectivity index (χ2v) is 7.90. The molecule has 0 radical (unpaired) electrons. The average molecular weight is 407 g/mol. The first-order valence-electron chi connectivity index (χ1n) is 10.5. The molecule has 2 amide bonds. The zero-order valence-corrected chi connectivity index (χ0v) is 17.9. The van der Waals surface area contributed by atoms with E-state index in [0.717, 1.165) is 35.4 Å². The monoisotopic (exact) mass is 406 g/mol. The van der Waals surface area contributed by atoms with E-state index >= 15 is 0 Å². The minimum absolute atomic E-state index is 0.00422. The molecule has 1 aromatic heterocycles. The molecule has 1 unspecified atom stereocenters. The fourth-order valence-electron chi connectivity index (χ4n) is 3.58. The summed E-state index contributed by atoms with van der Waals surface area (Å²) in [5.41, 5.74) is 3.02. The normalized spacial score (nSPS) is 12.1. The number of hydrogen-bond donors (Lipinski definition) is 2. The molecule has 0 saturated carbocycles. The van der Waals surface area contributed by atoms with Crippen LogP contribution in [0, 0.1) is 12.8 Å². The molecular formula is C24H30N4O2. The summed E-state index contributed by atoms with van der Waals surface area (Å²) in [5.74, 6) is 0.689. The molecule has 0 saturated heterocycles. The number of amides is 2. The number of aromatic nitrogens is 2. The van der Waals surface area contributed by atoms with E-state index in [1.165, 1.54) is 0 Å². The highest BCUT2D eigenvalue weighted by molar-refractivity contribution is 5.88. The Kier molecular flexibility index (Phi) is 7.22. The van der Waals surface area contributed by atoms with Crippen LogP contribution in [0.25, 0.3) is 11.0 Å². The fraction of sp³-hybridized carbons (Fsp3) is 0.375. The third kappa shape index (κ3) is 5.47. The summed E-state index contributed by atoms with van der Waals surface area (Å²) in [6, 6.07) is 17.1. The smallest absolute Gasteiger partial charge is 0.242 e. The maximum Gasteiger partial charge on any atom is 0.242 e. The Labute approximate surface area is 177 Å². The van der Waals surface area contributed by atoms with Gasteiger partial charge in [-0.05, 0) is 37.0 Å². The molecular weight excluding hydrogens is 376 g/mol. The SMILES string of the molecule is Cc1nc2ccccc2n1CCCNC(=O)C(NC(=O)Cc1ccccc1)C(C)C. The molecule has 0 bridgehead atoms. The fourth-order valence-corrected chi connectivity index (χ4v) is 3.58. The van der Waals surface area contributed by atoms with Crippen LogP contribution in [0.1, 0.15) is 31.7 Å². The number of carbonyl (C=O) groups excluding carboxylic acids is 2. The van der Waals surface area contributed by atoms with Crippen molar-refractivity contribution in [3.05, 3.63) is 66.0 Å². The number of fused-ring (bicyclic) bond motifs is 1. The van der Waals surface area contributed by atoms with Crippen LogP contribution in [0.15, 0.2) is 54.6 Å². The molecule has 0 fully saturated rings. The van der Waals surface area contributed by atoms with Gasteiger partial charge in [-0.25, -0.2) is 4.98 Å². The van der Waals surface area contributed by atoms with Crippen molar-refractivity contribution in [3.63, 3.8) is 0 Å². The van der Waals surface area contributed by atoms with Crippen molar-refractivity contribution in [2.45, 2.75) is 46.2 Å². The second kappa shape index (κ2) is 10.1. The molecule has 0 aliphatic carbocycles. The number of rotatable bonds is 9. The number of benzene rings is 2. The molecule has 158 valence electrons.